The van der Waals surface area contributed by atoms with Crippen LogP contribution < -0.4 is 18.9 Å². The smallest absolute Gasteiger partial charge is 0.280 e. The highest BCUT2D eigenvalue weighted by Gasteiger charge is 2.25. The largest absolute Gasteiger partial charge is 0.493 e. The van der Waals surface area contributed by atoms with Gasteiger partial charge in [-0.1, -0.05) is 18.2 Å². The van der Waals surface area contributed by atoms with Crippen LogP contribution in [0, 0.1) is 6.85 Å². The molecule has 0 spiro atoms. The second kappa shape index (κ2) is 9.71. The molecule has 0 aliphatic carbocycles. The molecule has 0 aliphatic heterocycles. The Labute approximate surface area is 220 Å². The molecule has 0 saturated heterocycles. The highest BCUT2D eigenvalue weighted by atomic mass is 32.2. The first-order chi connectivity index (χ1) is 23.2. The second-order valence-corrected chi connectivity index (χ2v) is 7.57. The van der Waals surface area contributed by atoms with Gasteiger partial charge in [0.25, 0.3) is 15.9 Å². The van der Waals surface area contributed by atoms with Crippen LogP contribution in [0.25, 0.3) is 11.4 Å². The molecule has 4 rings (SSSR count). The van der Waals surface area contributed by atoms with E-state index in [0.29, 0.717) is 6.20 Å². The minimum absolute atomic E-state index is 0.357. The summed E-state index contributed by atoms with van der Waals surface area (Å²) in [6, 6.07) is -4.33. The summed E-state index contributed by atoms with van der Waals surface area (Å²) in [6.07, 6.45) is -1.03. The van der Waals surface area contributed by atoms with Crippen molar-refractivity contribution in [2.24, 2.45) is 0 Å². The van der Waals surface area contributed by atoms with Crippen molar-refractivity contribution >= 4 is 15.8 Å². The lowest BCUT2D eigenvalue weighted by molar-refractivity contribution is 0.348. The molecular weight excluding hydrogens is 458 g/mol. The fourth-order valence-electron chi connectivity index (χ4n) is 2.36. The lowest BCUT2D eigenvalue weighted by atomic mass is 10.2. The summed E-state index contributed by atoms with van der Waals surface area (Å²) in [6.45, 7) is -2.68. The van der Waals surface area contributed by atoms with Gasteiger partial charge < -0.3 is 14.2 Å². The van der Waals surface area contributed by atoms with Gasteiger partial charge in [0.15, 0.2) is 28.2 Å². The Kier molecular flexibility index (Phi) is 2.84. The van der Waals surface area contributed by atoms with Gasteiger partial charge in [-0.25, -0.2) is 9.97 Å². The van der Waals surface area contributed by atoms with Crippen LogP contribution in [0.4, 0.5) is 5.82 Å². The molecule has 0 aliphatic rings. The number of aromatic nitrogens is 4. The quantitative estimate of drug-likeness (QED) is 0.387. The standard InChI is InChI=1S/C23H21N5O5S/c1-15-8-9-19(25-14-15)34(29,30)28-22-20(33-18-7-5-4-6-17(18)31-2)23(32-3)27-21(26-22)16-10-12-24-13-11-16/h4-14H,1-3H3,(H,26,27,28)/i1D3,2D3,3D3,4D,5D,6D,7D,10D,11D,12D,13D. The average molecular weight is 497 g/mol. The first-order valence-electron chi connectivity index (χ1n) is 17.2. The van der Waals surface area contributed by atoms with Crippen LogP contribution in [-0.2, 0) is 10.0 Å². The van der Waals surface area contributed by atoms with Crippen LogP contribution in [-0.4, -0.2) is 42.4 Å². The van der Waals surface area contributed by atoms with Gasteiger partial charge in [-0.2, -0.15) is 13.4 Å². The number of hydrogen-bond donors (Lipinski definition) is 1. The van der Waals surface area contributed by atoms with Gasteiger partial charge in [0.2, 0.25) is 5.75 Å². The molecule has 10 nitrogen and oxygen atoms in total. The van der Waals surface area contributed by atoms with Crippen molar-refractivity contribution in [1.29, 1.82) is 0 Å². The number of rotatable bonds is 8. The maximum atomic E-state index is 13.6. The molecule has 11 heteroatoms. The lowest BCUT2D eigenvalue weighted by Gasteiger charge is -2.17. The summed E-state index contributed by atoms with van der Waals surface area (Å²) in [5, 5.41) is -0.860. The van der Waals surface area contributed by atoms with E-state index in [4.69, 9.17) is 37.5 Å². The van der Waals surface area contributed by atoms with Gasteiger partial charge in [0.1, 0.15) is 0 Å². The van der Waals surface area contributed by atoms with E-state index in [1.807, 2.05) is 4.72 Å². The first kappa shape index (κ1) is 9.94. The molecule has 3 aromatic heterocycles. The number of sulfonamides is 1. The van der Waals surface area contributed by atoms with Crippen molar-refractivity contribution in [3.8, 4) is 34.5 Å². The number of benzene rings is 1. The van der Waals surface area contributed by atoms with E-state index >= 15 is 0 Å². The lowest BCUT2D eigenvalue weighted by Crippen LogP contribution is -2.17. The SMILES string of the molecule is [2H]c1nc([2H])c([2H])c(-c2nc(NS(=O)(=O)c3ccc(C([2H])([2H])[2H])cn3)c(Oc3c([2H])c([2H])c([2H])c([2H])c3OC([2H])([2H])[2H])c(OC([2H])([2H])[2H])n2)c1[2H]. The number of nitrogens with zero attached hydrogens (tertiary/aromatic N) is 4. The topological polar surface area (TPSA) is 125 Å². The number of anilines is 1. The Morgan fingerprint density at radius 1 is 1.00 bits per heavy atom. The Hall–Kier alpha value is -4.25. The number of nitrogens with one attached hydrogen (secondary N) is 1. The zero-order valence-corrected chi connectivity index (χ0v) is 17.3. The summed E-state index contributed by atoms with van der Waals surface area (Å²) < 4.78 is 177. The molecule has 1 aromatic carbocycles. The molecule has 174 valence electrons. The fraction of sp³-hybridized carbons (Fsp3) is 0.130. The van der Waals surface area contributed by atoms with Crippen molar-refractivity contribution in [2.45, 2.75) is 11.9 Å². The molecule has 34 heavy (non-hydrogen) atoms. The van der Waals surface area contributed by atoms with Crippen LogP contribution in [0.5, 0.6) is 23.1 Å². The van der Waals surface area contributed by atoms with Crippen molar-refractivity contribution in [1.82, 2.24) is 19.9 Å². The molecule has 0 atom stereocenters. The normalized spacial score (nSPS) is 19.4. The van der Waals surface area contributed by atoms with Crippen molar-refractivity contribution in [2.75, 3.05) is 18.8 Å². The van der Waals surface area contributed by atoms with Gasteiger partial charge in [-0.05, 0) is 42.7 Å². The number of hydrogen-bond acceptors (Lipinski definition) is 9. The Bertz CT molecular complexity index is 2100. The third-order valence-corrected chi connectivity index (χ3v) is 5.05. The zero-order chi connectivity index (χ0) is 38.6. The maximum absolute atomic E-state index is 13.6. The molecule has 4 aromatic rings. The summed E-state index contributed by atoms with van der Waals surface area (Å²) in [4.78, 5) is 14.8. The highest BCUT2D eigenvalue weighted by molar-refractivity contribution is 7.92. The van der Waals surface area contributed by atoms with Crippen LogP contribution in [0.15, 0.2) is 72.0 Å². The molecule has 0 radical (unpaired) electrons. The molecule has 3 heterocycles. The number of para-hydroxylation sites is 2. The molecular formula is C23H21N5O5S. The average Bonchev–Trinajstić information content (AvgIpc) is 2.99. The minimum atomic E-state index is -5.02. The molecule has 0 amide bonds. The van der Waals surface area contributed by atoms with E-state index in [0.717, 1.165) is 12.1 Å². The maximum Gasteiger partial charge on any atom is 0.280 e. The predicted molar refractivity (Wildman–Crippen MR) is 125 cm³/mol. The number of methoxy groups -OCH3 is 2. The zero-order valence-electron chi connectivity index (χ0n) is 33.5. The minimum Gasteiger partial charge on any atom is -0.493 e. The van der Waals surface area contributed by atoms with Crippen molar-refractivity contribution < 1.29 is 45.9 Å². The van der Waals surface area contributed by atoms with E-state index in [2.05, 4.69) is 19.9 Å². The number of pyridine rings is 2. The van der Waals surface area contributed by atoms with Crippen LogP contribution in [0.2, 0.25) is 0 Å². The molecule has 0 fully saturated rings. The monoisotopic (exact) mass is 496 g/mol. The van der Waals surface area contributed by atoms with Crippen LogP contribution in [0.1, 0.15) is 28.9 Å². The van der Waals surface area contributed by atoms with Gasteiger partial charge >= 0.3 is 0 Å². The van der Waals surface area contributed by atoms with E-state index in [1.165, 1.54) is 0 Å². The number of ether oxygens (including phenoxy) is 3. The number of aryl methyl sites for hydroxylation is 1. The fourth-order valence-corrected chi connectivity index (χ4v) is 3.30. The predicted octanol–water partition coefficient (Wildman–Crippen LogP) is 3.85. The Balaban J connectivity index is 2.10. The summed E-state index contributed by atoms with van der Waals surface area (Å²) in [5.41, 5.74) is -1.11. The molecule has 0 bridgehead atoms. The molecule has 1 N–H and O–H groups in total. The Morgan fingerprint density at radius 3 is 2.50 bits per heavy atom. The van der Waals surface area contributed by atoms with E-state index < -0.39 is 125 Å². The third kappa shape index (κ3) is 4.89. The van der Waals surface area contributed by atoms with Crippen molar-refractivity contribution in [3.63, 3.8) is 0 Å². The molecule has 0 unspecified atom stereocenters. The first-order valence-corrected chi connectivity index (χ1v) is 10.2. The van der Waals surface area contributed by atoms with Gasteiger partial charge in [0.05, 0.1) is 33.3 Å². The molecule has 0 saturated carbocycles. The van der Waals surface area contributed by atoms with Gasteiger partial charge in [-0.3, -0.25) is 9.71 Å². The van der Waals surface area contributed by atoms with Crippen molar-refractivity contribution in [3.05, 3.63) is 72.5 Å². The Morgan fingerprint density at radius 2 is 1.79 bits per heavy atom. The van der Waals surface area contributed by atoms with E-state index in [-0.39, 0.29) is 5.56 Å². The van der Waals surface area contributed by atoms with Crippen LogP contribution >= 0.6 is 0 Å². The summed E-state index contributed by atoms with van der Waals surface area (Å²) in [7, 11) is -11.9. The summed E-state index contributed by atoms with van der Waals surface area (Å²) >= 11 is 0. The van der Waals surface area contributed by atoms with E-state index in [1.54, 1.807) is 0 Å². The van der Waals surface area contributed by atoms with Gasteiger partial charge in [0, 0.05) is 28.2 Å². The van der Waals surface area contributed by atoms with E-state index in [9.17, 15) is 8.42 Å². The van der Waals surface area contributed by atoms with Gasteiger partial charge in [-0.15, -0.1) is 0 Å². The highest BCUT2D eigenvalue weighted by Crippen LogP contribution is 2.41. The second-order valence-electron chi connectivity index (χ2n) is 5.95. The third-order valence-electron chi connectivity index (χ3n) is 3.80. The van der Waals surface area contributed by atoms with Crippen LogP contribution in [0.3, 0.4) is 0 Å². The summed E-state index contributed by atoms with van der Waals surface area (Å²) in [5.74, 6) is -6.85.